The quantitative estimate of drug-likeness (QED) is 0.463. The summed E-state index contributed by atoms with van der Waals surface area (Å²) in [5.41, 5.74) is 0. The van der Waals surface area contributed by atoms with Crippen LogP contribution in [0, 0.1) is 0 Å². The highest BCUT2D eigenvalue weighted by atomic mass is 31.2. The Bertz CT molecular complexity index is 248. The summed E-state index contributed by atoms with van der Waals surface area (Å²) in [6.45, 7) is 0.816. The number of imidazole rings is 1. The van der Waals surface area contributed by atoms with E-state index in [-0.39, 0.29) is 6.61 Å². The van der Waals surface area contributed by atoms with Gasteiger partial charge in [0, 0.05) is 18.9 Å². The minimum absolute atomic E-state index is 0.177. The molecular weight excluding hydrogens is 199 g/mol. The molecule has 1 heterocycles. The Kier molecular flexibility index (Phi) is 5.52. The lowest BCUT2D eigenvalue weighted by Crippen LogP contribution is -1.97. The van der Waals surface area contributed by atoms with Crippen molar-refractivity contribution in [3.63, 3.8) is 0 Å². The van der Waals surface area contributed by atoms with Crippen LogP contribution in [-0.4, -0.2) is 35.9 Å². The lowest BCUT2D eigenvalue weighted by molar-refractivity contribution is 0.274. The first-order valence-electron chi connectivity index (χ1n) is 3.28. The lowest BCUT2D eigenvalue weighted by Gasteiger charge is -1.92. The smallest absolute Gasteiger partial charge is 0.395 e. The molecule has 0 aromatic carbocycles. The van der Waals surface area contributed by atoms with Crippen molar-refractivity contribution >= 4 is 7.82 Å². The van der Waals surface area contributed by atoms with Crippen LogP contribution in [-0.2, 0) is 11.1 Å². The van der Waals surface area contributed by atoms with Gasteiger partial charge in [-0.2, -0.15) is 0 Å². The predicted molar refractivity (Wildman–Crippen MR) is 43.6 cm³/mol. The summed E-state index contributed by atoms with van der Waals surface area (Å²) < 4.78 is 10.7. The summed E-state index contributed by atoms with van der Waals surface area (Å²) in [6.07, 6.45) is 5.18. The second-order valence-corrected chi connectivity index (χ2v) is 3.06. The third-order valence-electron chi connectivity index (χ3n) is 0.917. The molecule has 0 aliphatic carbocycles. The van der Waals surface area contributed by atoms with Crippen LogP contribution in [0.1, 0.15) is 0 Å². The molecule has 0 amide bonds. The van der Waals surface area contributed by atoms with Gasteiger partial charge in [-0.15, -0.1) is 0 Å². The van der Waals surface area contributed by atoms with Crippen LogP contribution in [0.5, 0.6) is 0 Å². The fourth-order valence-electron chi connectivity index (χ4n) is 0.534. The molecule has 1 aromatic heterocycles. The molecule has 0 saturated carbocycles. The Labute approximate surface area is 74.5 Å². The van der Waals surface area contributed by atoms with E-state index in [2.05, 4.69) is 4.98 Å². The SMILES string of the molecule is O=P(O)(O)O.OCCn1ccnc1. The van der Waals surface area contributed by atoms with Crippen molar-refractivity contribution in [1.29, 1.82) is 0 Å². The molecule has 4 N–H and O–H groups in total. The van der Waals surface area contributed by atoms with Gasteiger partial charge in [0.25, 0.3) is 0 Å². The highest BCUT2D eigenvalue weighted by Crippen LogP contribution is 2.25. The number of rotatable bonds is 2. The van der Waals surface area contributed by atoms with Crippen LogP contribution in [0.15, 0.2) is 18.7 Å². The topological polar surface area (TPSA) is 116 Å². The molecule has 0 atom stereocenters. The van der Waals surface area contributed by atoms with Crippen molar-refractivity contribution in [2.24, 2.45) is 0 Å². The summed E-state index contributed by atoms with van der Waals surface area (Å²) in [5.74, 6) is 0. The first-order chi connectivity index (χ1) is 5.93. The second kappa shape index (κ2) is 5.85. The summed E-state index contributed by atoms with van der Waals surface area (Å²) >= 11 is 0. The maximum atomic E-state index is 8.88. The molecule has 1 rings (SSSR count). The van der Waals surface area contributed by atoms with Gasteiger partial charge in [0.2, 0.25) is 0 Å². The standard InChI is InChI=1S/C5H8N2O.H3O4P/c8-4-3-7-2-1-6-5-7;1-5(2,3)4/h1-2,5,8H,3-4H2;(H3,1,2,3,4). The van der Waals surface area contributed by atoms with Crippen molar-refractivity contribution in [3.05, 3.63) is 18.7 Å². The molecule has 0 spiro atoms. The maximum absolute atomic E-state index is 8.88. The van der Waals surface area contributed by atoms with Gasteiger partial charge >= 0.3 is 7.82 Å². The first kappa shape index (κ1) is 12.3. The van der Waals surface area contributed by atoms with E-state index in [1.54, 1.807) is 12.5 Å². The molecule has 0 unspecified atom stereocenters. The molecule has 0 bridgehead atoms. The van der Waals surface area contributed by atoms with E-state index < -0.39 is 7.82 Å². The van der Waals surface area contributed by atoms with Gasteiger partial charge in [0.1, 0.15) is 0 Å². The number of phosphoric acid groups is 1. The van der Waals surface area contributed by atoms with E-state index in [1.807, 2.05) is 10.8 Å². The van der Waals surface area contributed by atoms with Crippen molar-refractivity contribution < 1.29 is 24.4 Å². The van der Waals surface area contributed by atoms with E-state index in [1.165, 1.54) is 0 Å². The van der Waals surface area contributed by atoms with Gasteiger partial charge in [-0.05, 0) is 0 Å². The maximum Gasteiger partial charge on any atom is 0.466 e. The number of nitrogens with zero attached hydrogens (tertiary/aromatic N) is 2. The molecule has 8 heteroatoms. The van der Waals surface area contributed by atoms with Gasteiger partial charge in [0.15, 0.2) is 0 Å². The molecule has 7 nitrogen and oxygen atoms in total. The number of aliphatic hydroxyl groups excluding tert-OH is 1. The van der Waals surface area contributed by atoms with E-state index in [9.17, 15) is 0 Å². The normalized spacial score (nSPS) is 10.5. The molecule has 0 saturated heterocycles. The van der Waals surface area contributed by atoms with Crippen LogP contribution in [0.4, 0.5) is 0 Å². The number of aliphatic hydroxyl groups is 1. The predicted octanol–water partition coefficient (Wildman–Crippen LogP) is -1.05. The number of hydrogen-bond acceptors (Lipinski definition) is 3. The van der Waals surface area contributed by atoms with Crippen molar-refractivity contribution in [1.82, 2.24) is 9.55 Å². The Morgan fingerprint density at radius 1 is 1.38 bits per heavy atom. The monoisotopic (exact) mass is 210 g/mol. The fourth-order valence-corrected chi connectivity index (χ4v) is 0.534. The number of hydrogen-bond donors (Lipinski definition) is 4. The largest absolute Gasteiger partial charge is 0.466 e. The van der Waals surface area contributed by atoms with Crippen LogP contribution < -0.4 is 0 Å². The van der Waals surface area contributed by atoms with Crippen LogP contribution in [0.25, 0.3) is 0 Å². The fraction of sp³-hybridized carbons (Fsp3) is 0.400. The van der Waals surface area contributed by atoms with Crippen LogP contribution in [0.2, 0.25) is 0 Å². The van der Waals surface area contributed by atoms with Crippen molar-refractivity contribution in [2.45, 2.75) is 6.54 Å². The molecule has 76 valence electrons. The average Bonchev–Trinajstić information content (AvgIpc) is 2.36. The molecule has 0 aliphatic rings. The Morgan fingerprint density at radius 2 is 1.92 bits per heavy atom. The zero-order valence-corrected chi connectivity index (χ0v) is 7.58. The zero-order chi connectivity index (χ0) is 10.3. The Hall–Kier alpha value is -0.720. The molecule has 0 radical (unpaired) electrons. The molecule has 13 heavy (non-hydrogen) atoms. The summed E-state index contributed by atoms with van der Waals surface area (Å²) in [4.78, 5) is 25.4. The van der Waals surface area contributed by atoms with E-state index in [0.29, 0.717) is 6.54 Å². The molecule has 0 fully saturated rings. The van der Waals surface area contributed by atoms with Gasteiger partial charge in [0.05, 0.1) is 12.9 Å². The van der Waals surface area contributed by atoms with E-state index >= 15 is 0 Å². The molecule has 0 aliphatic heterocycles. The zero-order valence-electron chi connectivity index (χ0n) is 6.69. The highest BCUT2D eigenvalue weighted by Gasteiger charge is 2.00. The average molecular weight is 210 g/mol. The van der Waals surface area contributed by atoms with Gasteiger partial charge in [-0.1, -0.05) is 0 Å². The van der Waals surface area contributed by atoms with Gasteiger partial charge in [-0.25, -0.2) is 9.55 Å². The Balaban J connectivity index is 0.000000252. The van der Waals surface area contributed by atoms with E-state index in [0.717, 1.165) is 0 Å². The van der Waals surface area contributed by atoms with Crippen molar-refractivity contribution in [3.8, 4) is 0 Å². The Morgan fingerprint density at radius 3 is 2.23 bits per heavy atom. The van der Waals surface area contributed by atoms with Gasteiger partial charge in [-0.3, -0.25) is 0 Å². The summed E-state index contributed by atoms with van der Waals surface area (Å²) in [6, 6.07) is 0. The van der Waals surface area contributed by atoms with Crippen LogP contribution >= 0.6 is 7.82 Å². The minimum atomic E-state index is -4.64. The van der Waals surface area contributed by atoms with Crippen LogP contribution in [0.3, 0.4) is 0 Å². The van der Waals surface area contributed by atoms with Crippen molar-refractivity contribution in [2.75, 3.05) is 6.61 Å². The minimum Gasteiger partial charge on any atom is -0.395 e. The summed E-state index contributed by atoms with van der Waals surface area (Å²) in [7, 11) is -4.64. The number of aromatic nitrogens is 2. The lowest BCUT2D eigenvalue weighted by atomic mass is 10.7. The molecule has 1 aromatic rings. The highest BCUT2D eigenvalue weighted by molar-refractivity contribution is 7.45. The third kappa shape index (κ3) is 11.3. The van der Waals surface area contributed by atoms with E-state index in [4.69, 9.17) is 24.4 Å². The molecular formula is C5H11N2O5P. The third-order valence-corrected chi connectivity index (χ3v) is 0.917. The summed E-state index contributed by atoms with van der Waals surface area (Å²) in [5, 5.41) is 8.39. The first-order valence-corrected chi connectivity index (χ1v) is 4.85. The second-order valence-electron chi connectivity index (χ2n) is 2.04. The van der Waals surface area contributed by atoms with Gasteiger partial charge < -0.3 is 24.4 Å².